The normalized spacial score (nSPS) is 20.1. The highest BCUT2D eigenvalue weighted by atomic mass is 19.1. The zero-order chi connectivity index (χ0) is 10.7. The van der Waals surface area contributed by atoms with Crippen LogP contribution in [0.2, 0.25) is 0 Å². The summed E-state index contributed by atoms with van der Waals surface area (Å²) in [5.74, 6) is -0.0359. The van der Waals surface area contributed by atoms with Crippen molar-refractivity contribution in [1.82, 2.24) is 0 Å². The molecule has 0 bridgehead atoms. The van der Waals surface area contributed by atoms with Crippen LogP contribution in [0.4, 0.5) is 4.39 Å². The summed E-state index contributed by atoms with van der Waals surface area (Å²) in [6.07, 6.45) is 5.00. The maximum absolute atomic E-state index is 13.4. The molecule has 1 aromatic rings. The van der Waals surface area contributed by atoms with Crippen LogP contribution in [0.25, 0.3) is 0 Å². The van der Waals surface area contributed by atoms with Crippen molar-refractivity contribution in [3.05, 3.63) is 35.6 Å². The zero-order valence-corrected chi connectivity index (χ0v) is 8.82. The van der Waals surface area contributed by atoms with E-state index >= 15 is 0 Å². The molecular formula is C13H17FO. The van der Waals surface area contributed by atoms with Gasteiger partial charge in [-0.05, 0) is 24.8 Å². The third-order valence-electron chi connectivity index (χ3n) is 3.32. The van der Waals surface area contributed by atoms with Crippen molar-refractivity contribution in [2.45, 2.75) is 38.2 Å². The van der Waals surface area contributed by atoms with Crippen molar-refractivity contribution < 1.29 is 9.50 Å². The van der Waals surface area contributed by atoms with E-state index in [0.717, 1.165) is 25.7 Å². The first-order valence-electron chi connectivity index (χ1n) is 5.71. The molecule has 1 nitrogen and oxygen atoms in total. The van der Waals surface area contributed by atoms with Crippen LogP contribution in [0, 0.1) is 11.7 Å². The average Bonchev–Trinajstić information content (AvgIpc) is 2.30. The van der Waals surface area contributed by atoms with Gasteiger partial charge < -0.3 is 5.11 Å². The van der Waals surface area contributed by atoms with Crippen molar-refractivity contribution >= 4 is 0 Å². The van der Waals surface area contributed by atoms with Crippen molar-refractivity contribution in [3.63, 3.8) is 0 Å². The monoisotopic (exact) mass is 208 g/mol. The van der Waals surface area contributed by atoms with Crippen molar-refractivity contribution in [1.29, 1.82) is 0 Å². The summed E-state index contributed by atoms with van der Waals surface area (Å²) in [5.41, 5.74) is 0.462. The Morgan fingerprint density at radius 1 is 1.13 bits per heavy atom. The van der Waals surface area contributed by atoms with Crippen molar-refractivity contribution in [2.75, 3.05) is 0 Å². The molecule has 1 aromatic carbocycles. The van der Waals surface area contributed by atoms with Crippen molar-refractivity contribution in [2.24, 2.45) is 5.92 Å². The van der Waals surface area contributed by atoms with Gasteiger partial charge in [-0.3, -0.25) is 0 Å². The molecule has 0 radical (unpaired) electrons. The molecule has 0 saturated heterocycles. The lowest BCUT2D eigenvalue weighted by molar-refractivity contribution is 0.0816. The second-order valence-corrected chi connectivity index (χ2v) is 4.36. The van der Waals surface area contributed by atoms with Gasteiger partial charge in [0, 0.05) is 5.56 Å². The molecule has 0 aliphatic heterocycles. The lowest BCUT2D eigenvalue weighted by Gasteiger charge is -2.26. The summed E-state index contributed by atoms with van der Waals surface area (Å²) in [4.78, 5) is 0. The minimum atomic E-state index is -0.619. The van der Waals surface area contributed by atoms with E-state index in [1.165, 1.54) is 12.5 Å². The Labute approximate surface area is 89.9 Å². The SMILES string of the molecule is OC(c1ccccc1F)C1CCCCC1. The molecule has 0 heterocycles. The molecule has 1 N–H and O–H groups in total. The van der Waals surface area contributed by atoms with Crippen LogP contribution in [0.1, 0.15) is 43.8 Å². The first-order chi connectivity index (χ1) is 7.29. The van der Waals surface area contributed by atoms with Crippen molar-refractivity contribution in [3.8, 4) is 0 Å². The van der Waals surface area contributed by atoms with Gasteiger partial charge in [-0.1, -0.05) is 37.5 Å². The van der Waals surface area contributed by atoms with E-state index in [9.17, 15) is 9.50 Å². The van der Waals surface area contributed by atoms with Gasteiger partial charge >= 0.3 is 0 Å². The average molecular weight is 208 g/mol. The second kappa shape index (κ2) is 4.75. The molecule has 82 valence electrons. The van der Waals surface area contributed by atoms with E-state index in [1.54, 1.807) is 18.2 Å². The van der Waals surface area contributed by atoms with E-state index < -0.39 is 6.10 Å². The number of aliphatic hydroxyl groups is 1. The van der Waals surface area contributed by atoms with Crippen LogP contribution in [0.5, 0.6) is 0 Å². The molecule has 0 amide bonds. The zero-order valence-electron chi connectivity index (χ0n) is 8.82. The van der Waals surface area contributed by atoms with E-state index in [1.807, 2.05) is 0 Å². The third kappa shape index (κ3) is 2.37. The number of rotatable bonds is 2. The smallest absolute Gasteiger partial charge is 0.129 e. The predicted molar refractivity (Wildman–Crippen MR) is 57.9 cm³/mol. The van der Waals surface area contributed by atoms with E-state index in [0.29, 0.717) is 5.56 Å². The second-order valence-electron chi connectivity index (χ2n) is 4.36. The van der Waals surface area contributed by atoms with Gasteiger partial charge in [0.25, 0.3) is 0 Å². The van der Waals surface area contributed by atoms with Gasteiger partial charge in [-0.2, -0.15) is 0 Å². The number of benzene rings is 1. The molecule has 1 aliphatic rings. The number of halogens is 1. The highest BCUT2D eigenvalue weighted by molar-refractivity contribution is 5.20. The first-order valence-corrected chi connectivity index (χ1v) is 5.71. The van der Waals surface area contributed by atoms with Gasteiger partial charge in [0.2, 0.25) is 0 Å². The standard InChI is InChI=1S/C13H17FO/c14-12-9-5-4-8-11(12)13(15)10-6-2-1-3-7-10/h4-5,8-10,13,15H,1-3,6-7H2. The maximum Gasteiger partial charge on any atom is 0.129 e. The number of hydrogen-bond donors (Lipinski definition) is 1. The molecule has 1 fully saturated rings. The summed E-state index contributed by atoms with van der Waals surface area (Å²) < 4.78 is 13.4. The quantitative estimate of drug-likeness (QED) is 0.789. The van der Waals surface area contributed by atoms with Gasteiger partial charge in [0.05, 0.1) is 6.10 Å². The molecule has 15 heavy (non-hydrogen) atoms. The Hall–Kier alpha value is -0.890. The van der Waals surface area contributed by atoms with E-state index in [-0.39, 0.29) is 11.7 Å². The summed E-state index contributed by atoms with van der Waals surface area (Å²) in [6.45, 7) is 0. The molecule has 2 heteroatoms. The molecule has 1 atom stereocenters. The molecular weight excluding hydrogens is 191 g/mol. The first kappa shape index (κ1) is 10.6. The summed E-state index contributed by atoms with van der Waals surface area (Å²) in [6, 6.07) is 6.55. The lowest BCUT2D eigenvalue weighted by Crippen LogP contribution is -2.16. The Morgan fingerprint density at radius 3 is 2.47 bits per heavy atom. The Bertz CT molecular complexity index is 318. The van der Waals surface area contributed by atoms with Gasteiger partial charge in [0.1, 0.15) is 5.82 Å². The summed E-state index contributed by atoms with van der Waals surface area (Å²) in [7, 11) is 0. The topological polar surface area (TPSA) is 20.2 Å². The fraction of sp³-hybridized carbons (Fsp3) is 0.538. The van der Waals surface area contributed by atoms with Gasteiger partial charge in [0.15, 0.2) is 0 Å². The molecule has 1 aliphatic carbocycles. The number of hydrogen-bond acceptors (Lipinski definition) is 1. The summed E-state index contributed by atoms with van der Waals surface area (Å²) in [5, 5.41) is 10.1. The lowest BCUT2D eigenvalue weighted by atomic mass is 9.82. The Kier molecular flexibility index (Phi) is 3.37. The van der Waals surface area contributed by atoms with Crippen LogP contribution in [-0.4, -0.2) is 5.11 Å². The fourth-order valence-corrected chi connectivity index (χ4v) is 2.42. The largest absolute Gasteiger partial charge is 0.388 e. The Morgan fingerprint density at radius 2 is 1.80 bits per heavy atom. The van der Waals surface area contributed by atoms with Crippen LogP contribution in [-0.2, 0) is 0 Å². The number of aliphatic hydroxyl groups excluding tert-OH is 1. The van der Waals surface area contributed by atoms with Gasteiger partial charge in [-0.15, -0.1) is 0 Å². The molecule has 1 unspecified atom stereocenters. The predicted octanol–water partition coefficient (Wildman–Crippen LogP) is 3.44. The van der Waals surface area contributed by atoms with Crippen LogP contribution < -0.4 is 0 Å². The van der Waals surface area contributed by atoms with Crippen LogP contribution in [0.3, 0.4) is 0 Å². The highest BCUT2D eigenvalue weighted by Crippen LogP contribution is 2.34. The maximum atomic E-state index is 13.4. The highest BCUT2D eigenvalue weighted by Gasteiger charge is 2.24. The molecule has 0 spiro atoms. The minimum absolute atomic E-state index is 0.246. The van der Waals surface area contributed by atoms with E-state index in [2.05, 4.69) is 0 Å². The molecule has 2 rings (SSSR count). The fourth-order valence-electron chi connectivity index (χ4n) is 2.42. The third-order valence-corrected chi connectivity index (χ3v) is 3.32. The molecule has 0 aromatic heterocycles. The summed E-state index contributed by atoms with van der Waals surface area (Å²) >= 11 is 0. The minimum Gasteiger partial charge on any atom is -0.388 e. The van der Waals surface area contributed by atoms with Crippen LogP contribution >= 0.6 is 0 Å². The van der Waals surface area contributed by atoms with Crippen LogP contribution in [0.15, 0.2) is 24.3 Å². The Balaban J connectivity index is 2.12. The van der Waals surface area contributed by atoms with E-state index in [4.69, 9.17) is 0 Å². The van der Waals surface area contributed by atoms with Gasteiger partial charge in [-0.25, -0.2) is 4.39 Å². The molecule has 1 saturated carbocycles.